The van der Waals surface area contributed by atoms with Crippen LogP contribution in [0.1, 0.15) is 28.8 Å². The monoisotopic (exact) mass is 500 g/mol. The molecule has 0 spiro atoms. The number of nitrogens with one attached hydrogen (secondary N) is 1. The van der Waals surface area contributed by atoms with Gasteiger partial charge in [-0.25, -0.2) is 4.68 Å². The number of pyridine rings is 1. The summed E-state index contributed by atoms with van der Waals surface area (Å²) in [6, 6.07) is 20.6. The van der Waals surface area contributed by atoms with Crippen molar-refractivity contribution in [3.63, 3.8) is 0 Å². The number of carbonyl (C=O) groups is 1. The van der Waals surface area contributed by atoms with Crippen LogP contribution in [0.5, 0.6) is 11.5 Å². The van der Waals surface area contributed by atoms with Crippen LogP contribution in [0.2, 0.25) is 0 Å². The molecule has 0 fully saturated rings. The second-order valence-electron chi connectivity index (χ2n) is 7.95. The van der Waals surface area contributed by atoms with Crippen molar-refractivity contribution in [2.24, 2.45) is 0 Å². The van der Waals surface area contributed by atoms with Gasteiger partial charge >= 0.3 is 0 Å². The number of carbonyl (C=O) groups excluding carboxylic acids is 1. The van der Waals surface area contributed by atoms with Crippen LogP contribution in [0.4, 0.5) is 5.69 Å². The molecule has 0 bridgehead atoms. The van der Waals surface area contributed by atoms with Gasteiger partial charge < -0.3 is 10.1 Å². The first kappa shape index (κ1) is 24.7. The third-order valence-electron chi connectivity index (χ3n) is 5.41. The third-order valence-corrected chi connectivity index (χ3v) is 5.41. The zero-order valence-electron chi connectivity index (χ0n) is 19.8. The third kappa shape index (κ3) is 5.45. The molecule has 0 aliphatic heterocycles. The van der Waals surface area contributed by atoms with Gasteiger partial charge in [0, 0.05) is 42.1 Å². The molecular formula is C27H25ClN6O2. The van der Waals surface area contributed by atoms with E-state index in [-0.39, 0.29) is 18.3 Å². The van der Waals surface area contributed by atoms with Gasteiger partial charge in [0.05, 0.1) is 23.1 Å². The number of hydrogen-bond acceptors (Lipinski definition) is 5. The molecular weight excluding hydrogens is 476 g/mol. The molecule has 3 heterocycles. The van der Waals surface area contributed by atoms with Crippen molar-refractivity contribution < 1.29 is 9.53 Å². The van der Waals surface area contributed by atoms with Crippen LogP contribution in [0.3, 0.4) is 0 Å². The number of halogens is 1. The van der Waals surface area contributed by atoms with Gasteiger partial charge in [0.1, 0.15) is 17.2 Å². The van der Waals surface area contributed by atoms with Crippen molar-refractivity contribution >= 4 is 47.2 Å². The summed E-state index contributed by atoms with van der Waals surface area (Å²) in [7, 11) is 0. The lowest BCUT2D eigenvalue weighted by molar-refractivity contribution is 0.101. The maximum atomic E-state index is 12.8. The molecule has 2 aromatic carbocycles. The standard InChI is InChI=1S/C27H24N6O2.ClH/c1-3-32-26(15-19(2)31-32)27(34)30-22-8-6-9-23(16-22)35-24-11-10-20-18-29-33(25(20)17-24)14-12-21-7-4-5-13-28-21;/h4-18H,3H2,1-2H3,(H,30,34);1H. The first-order valence-electron chi connectivity index (χ1n) is 11.3. The van der Waals surface area contributed by atoms with Gasteiger partial charge in [0.2, 0.25) is 0 Å². The molecule has 0 aliphatic rings. The maximum absolute atomic E-state index is 12.8. The van der Waals surface area contributed by atoms with Crippen molar-refractivity contribution in [1.29, 1.82) is 0 Å². The van der Waals surface area contributed by atoms with Crippen molar-refractivity contribution in [2.75, 3.05) is 5.32 Å². The lowest BCUT2D eigenvalue weighted by Crippen LogP contribution is -2.17. The van der Waals surface area contributed by atoms with Crippen molar-refractivity contribution in [2.45, 2.75) is 20.4 Å². The number of anilines is 1. The minimum Gasteiger partial charge on any atom is -0.457 e. The molecule has 0 unspecified atom stereocenters. The first-order valence-corrected chi connectivity index (χ1v) is 11.3. The average Bonchev–Trinajstić information content (AvgIpc) is 3.46. The summed E-state index contributed by atoms with van der Waals surface area (Å²) in [4.78, 5) is 17.1. The number of rotatable bonds is 7. The van der Waals surface area contributed by atoms with Crippen LogP contribution < -0.4 is 10.1 Å². The minimum atomic E-state index is -0.213. The van der Waals surface area contributed by atoms with Crippen LogP contribution in [0, 0.1) is 6.92 Å². The molecule has 0 radical (unpaired) electrons. The molecule has 5 aromatic rings. The van der Waals surface area contributed by atoms with E-state index < -0.39 is 0 Å². The van der Waals surface area contributed by atoms with Crippen molar-refractivity contribution in [3.8, 4) is 11.5 Å². The Bertz CT molecular complexity index is 1520. The second-order valence-corrected chi connectivity index (χ2v) is 7.95. The van der Waals surface area contributed by atoms with E-state index in [9.17, 15) is 4.79 Å². The number of benzene rings is 2. The Morgan fingerprint density at radius 3 is 2.72 bits per heavy atom. The zero-order valence-corrected chi connectivity index (χ0v) is 20.6. The van der Waals surface area contributed by atoms with Gasteiger partial charge in [-0.2, -0.15) is 10.2 Å². The highest BCUT2D eigenvalue weighted by atomic mass is 35.5. The lowest BCUT2D eigenvalue weighted by atomic mass is 10.2. The predicted molar refractivity (Wildman–Crippen MR) is 144 cm³/mol. The molecule has 0 saturated heterocycles. The van der Waals surface area contributed by atoms with E-state index >= 15 is 0 Å². The van der Waals surface area contributed by atoms with Crippen LogP contribution in [-0.2, 0) is 6.54 Å². The molecule has 9 heteroatoms. The molecule has 182 valence electrons. The fourth-order valence-corrected chi connectivity index (χ4v) is 3.76. The Morgan fingerprint density at radius 2 is 1.92 bits per heavy atom. The van der Waals surface area contributed by atoms with Crippen molar-refractivity contribution in [3.05, 3.63) is 96.2 Å². The highest BCUT2D eigenvalue weighted by Gasteiger charge is 2.14. The number of fused-ring (bicyclic) bond motifs is 1. The fraction of sp³-hybridized carbons (Fsp3) is 0.111. The van der Waals surface area contributed by atoms with E-state index in [1.807, 2.05) is 80.7 Å². The summed E-state index contributed by atoms with van der Waals surface area (Å²) in [6.45, 7) is 4.44. The summed E-state index contributed by atoms with van der Waals surface area (Å²) in [5.41, 5.74) is 3.72. The minimum absolute atomic E-state index is 0. The Kier molecular flexibility index (Phi) is 7.46. The Labute approximate surface area is 214 Å². The van der Waals surface area contributed by atoms with E-state index in [0.717, 1.165) is 22.3 Å². The van der Waals surface area contributed by atoms with Crippen LogP contribution >= 0.6 is 12.4 Å². The SMILES string of the molecule is CCn1nc(C)cc1C(=O)Nc1cccc(Oc2ccc3cnn(C=Cc4ccccn4)c3c2)c1.Cl. The largest absolute Gasteiger partial charge is 0.457 e. The van der Waals surface area contributed by atoms with E-state index in [1.165, 1.54) is 0 Å². The van der Waals surface area contributed by atoms with Crippen LogP contribution in [0.25, 0.3) is 23.2 Å². The molecule has 1 amide bonds. The summed E-state index contributed by atoms with van der Waals surface area (Å²) >= 11 is 0. The summed E-state index contributed by atoms with van der Waals surface area (Å²) in [5, 5.41) is 12.7. The van der Waals surface area contributed by atoms with E-state index in [2.05, 4.69) is 20.5 Å². The molecule has 1 N–H and O–H groups in total. The smallest absolute Gasteiger partial charge is 0.273 e. The molecule has 36 heavy (non-hydrogen) atoms. The van der Waals surface area contributed by atoms with Gasteiger partial charge in [0.25, 0.3) is 5.91 Å². The Hall–Kier alpha value is -4.43. The maximum Gasteiger partial charge on any atom is 0.273 e. The number of hydrogen-bond donors (Lipinski definition) is 1. The van der Waals surface area contributed by atoms with E-state index in [4.69, 9.17) is 4.74 Å². The normalized spacial score (nSPS) is 10.9. The highest BCUT2D eigenvalue weighted by Crippen LogP contribution is 2.28. The summed E-state index contributed by atoms with van der Waals surface area (Å²) < 4.78 is 9.57. The lowest BCUT2D eigenvalue weighted by Gasteiger charge is -2.10. The summed E-state index contributed by atoms with van der Waals surface area (Å²) in [6.07, 6.45) is 7.33. The summed E-state index contributed by atoms with van der Waals surface area (Å²) in [5.74, 6) is 1.06. The quantitative estimate of drug-likeness (QED) is 0.294. The Morgan fingerprint density at radius 1 is 1.06 bits per heavy atom. The molecule has 3 aromatic heterocycles. The van der Waals surface area contributed by atoms with Gasteiger partial charge in [-0.05, 0) is 62.4 Å². The first-order chi connectivity index (χ1) is 17.1. The highest BCUT2D eigenvalue weighted by molar-refractivity contribution is 6.03. The van der Waals surface area contributed by atoms with Crippen LogP contribution in [-0.4, -0.2) is 30.5 Å². The van der Waals surface area contributed by atoms with Gasteiger partial charge in [-0.15, -0.1) is 12.4 Å². The number of ether oxygens (including phenoxy) is 1. The van der Waals surface area contributed by atoms with E-state index in [0.29, 0.717) is 29.4 Å². The molecule has 5 rings (SSSR count). The average molecular weight is 501 g/mol. The predicted octanol–water partition coefficient (Wildman–Crippen LogP) is 6.05. The number of aromatic nitrogens is 5. The molecule has 0 saturated carbocycles. The van der Waals surface area contributed by atoms with Crippen molar-refractivity contribution in [1.82, 2.24) is 24.5 Å². The number of amides is 1. The number of nitrogens with zero attached hydrogens (tertiary/aromatic N) is 5. The molecule has 8 nitrogen and oxygen atoms in total. The van der Waals surface area contributed by atoms with Crippen LogP contribution in [0.15, 0.2) is 79.1 Å². The van der Waals surface area contributed by atoms with Gasteiger partial charge in [-0.3, -0.25) is 14.5 Å². The van der Waals surface area contributed by atoms with Gasteiger partial charge in [-0.1, -0.05) is 12.1 Å². The fourth-order valence-electron chi connectivity index (χ4n) is 3.76. The zero-order chi connectivity index (χ0) is 24.2. The van der Waals surface area contributed by atoms with Gasteiger partial charge in [0.15, 0.2) is 0 Å². The molecule has 0 aliphatic carbocycles. The Balaban J connectivity index is 0.00000304. The number of aryl methyl sites for hydroxylation is 2. The molecule has 0 atom stereocenters. The van der Waals surface area contributed by atoms with E-state index in [1.54, 1.807) is 33.9 Å². The second kappa shape index (κ2) is 10.9. The topological polar surface area (TPSA) is 86.9 Å².